The minimum Gasteiger partial charge on any atom is -0.355 e. The van der Waals surface area contributed by atoms with E-state index in [-0.39, 0.29) is 0 Å². The molecular formula is C14H21N5. The van der Waals surface area contributed by atoms with Crippen LogP contribution in [0.2, 0.25) is 0 Å². The number of rotatable bonds is 4. The molecule has 0 aliphatic carbocycles. The summed E-state index contributed by atoms with van der Waals surface area (Å²) < 4.78 is 1.81. The standard InChI is InChI=1S/C14H21N5/c1-10-5-11(2)17-14(13(10)6-15)18(3)8-12-7-16-19(4)9-12/h5,7,9H,6,8,15H2,1-4H3. The number of nitrogens with zero attached hydrogens (tertiary/aromatic N) is 4. The molecule has 0 unspecified atom stereocenters. The van der Waals surface area contributed by atoms with Crippen molar-refractivity contribution in [2.45, 2.75) is 26.9 Å². The van der Waals surface area contributed by atoms with Crippen LogP contribution in [0, 0.1) is 13.8 Å². The van der Waals surface area contributed by atoms with E-state index < -0.39 is 0 Å². The second-order valence-electron chi connectivity index (χ2n) is 4.97. The molecule has 0 saturated heterocycles. The van der Waals surface area contributed by atoms with Crippen molar-refractivity contribution < 1.29 is 0 Å². The summed E-state index contributed by atoms with van der Waals surface area (Å²) in [5.41, 5.74) is 10.3. The Hall–Kier alpha value is -1.88. The Bertz CT molecular complexity index is 573. The molecule has 0 spiro atoms. The number of hydrogen-bond donors (Lipinski definition) is 1. The fourth-order valence-corrected chi connectivity index (χ4v) is 2.31. The van der Waals surface area contributed by atoms with Crippen molar-refractivity contribution in [3.63, 3.8) is 0 Å². The molecule has 19 heavy (non-hydrogen) atoms. The summed E-state index contributed by atoms with van der Waals surface area (Å²) in [7, 11) is 3.96. The molecule has 0 aliphatic heterocycles. The van der Waals surface area contributed by atoms with E-state index in [1.807, 2.05) is 38.1 Å². The molecule has 102 valence electrons. The maximum Gasteiger partial charge on any atom is 0.133 e. The van der Waals surface area contributed by atoms with Crippen LogP contribution in [-0.4, -0.2) is 21.8 Å². The lowest BCUT2D eigenvalue weighted by molar-refractivity contribution is 0.766. The van der Waals surface area contributed by atoms with Crippen molar-refractivity contribution >= 4 is 5.82 Å². The molecule has 5 heteroatoms. The average Bonchev–Trinajstić information content (AvgIpc) is 2.73. The van der Waals surface area contributed by atoms with Crippen molar-refractivity contribution in [2.24, 2.45) is 12.8 Å². The quantitative estimate of drug-likeness (QED) is 0.904. The van der Waals surface area contributed by atoms with E-state index in [0.29, 0.717) is 6.54 Å². The predicted octanol–water partition coefficient (Wildman–Crippen LogP) is 1.53. The van der Waals surface area contributed by atoms with E-state index in [2.05, 4.69) is 28.0 Å². The van der Waals surface area contributed by atoms with E-state index in [9.17, 15) is 0 Å². The van der Waals surface area contributed by atoms with Gasteiger partial charge in [-0.05, 0) is 25.5 Å². The van der Waals surface area contributed by atoms with Crippen LogP contribution in [0.3, 0.4) is 0 Å². The van der Waals surface area contributed by atoms with Crippen molar-refractivity contribution in [1.82, 2.24) is 14.8 Å². The molecule has 0 fully saturated rings. The molecule has 2 rings (SSSR count). The lowest BCUT2D eigenvalue weighted by atomic mass is 10.1. The number of aromatic nitrogens is 3. The summed E-state index contributed by atoms with van der Waals surface area (Å²) in [6.07, 6.45) is 3.89. The molecule has 0 bridgehead atoms. The Balaban J connectivity index is 2.30. The SMILES string of the molecule is Cc1cc(C)c(CN)c(N(C)Cc2cnn(C)c2)n1. The number of pyridine rings is 1. The Morgan fingerprint density at radius 1 is 1.37 bits per heavy atom. The molecular weight excluding hydrogens is 238 g/mol. The third-order valence-corrected chi connectivity index (χ3v) is 3.20. The smallest absolute Gasteiger partial charge is 0.133 e. The molecule has 0 aromatic carbocycles. The number of nitrogens with two attached hydrogens (primary N) is 1. The van der Waals surface area contributed by atoms with Crippen LogP contribution in [0.1, 0.15) is 22.4 Å². The monoisotopic (exact) mass is 259 g/mol. The van der Waals surface area contributed by atoms with Crippen LogP contribution in [0.4, 0.5) is 5.82 Å². The second kappa shape index (κ2) is 5.40. The van der Waals surface area contributed by atoms with Gasteiger partial charge in [0, 0.05) is 50.2 Å². The van der Waals surface area contributed by atoms with Gasteiger partial charge in [0.2, 0.25) is 0 Å². The molecule has 0 amide bonds. The lowest BCUT2D eigenvalue weighted by Crippen LogP contribution is -2.21. The van der Waals surface area contributed by atoms with Crippen molar-refractivity contribution in [1.29, 1.82) is 0 Å². The molecule has 0 saturated carbocycles. The molecule has 5 nitrogen and oxygen atoms in total. The first-order valence-corrected chi connectivity index (χ1v) is 6.37. The van der Waals surface area contributed by atoms with Crippen LogP contribution in [-0.2, 0) is 20.1 Å². The Morgan fingerprint density at radius 3 is 2.68 bits per heavy atom. The van der Waals surface area contributed by atoms with Gasteiger partial charge in [0.05, 0.1) is 6.20 Å². The summed E-state index contributed by atoms with van der Waals surface area (Å²) in [5, 5.41) is 4.19. The van der Waals surface area contributed by atoms with E-state index >= 15 is 0 Å². The molecule has 2 aromatic heterocycles. The fourth-order valence-electron chi connectivity index (χ4n) is 2.31. The predicted molar refractivity (Wildman–Crippen MR) is 76.9 cm³/mol. The van der Waals surface area contributed by atoms with E-state index in [4.69, 9.17) is 5.73 Å². The highest BCUT2D eigenvalue weighted by atomic mass is 15.2. The lowest BCUT2D eigenvalue weighted by Gasteiger charge is -2.22. The summed E-state index contributed by atoms with van der Waals surface area (Å²) in [4.78, 5) is 6.75. The zero-order valence-electron chi connectivity index (χ0n) is 12.0. The van der Waals surface area contributed by atoms with Gasteiger partial charge in [0.1, 0.15) is 5.82 Å². The van der Waals surface area contributed by atoms with Crippen molar-refractivity contribution in [3.8, 4) is 0 Å². The second-order valence-corrected chi connectivity index (χ2v) is 4.97. The molecule has 0 aliphatic rings. The Kier molecular flexibility index (Phi) is 3.85. The number of anilines is 1. The van der Waals surface area contributed by atoms with Crippen LogP contribution >= 0.6 is 0 Å². The van der Waals surface area contributed by atoms with Crippen molar-refractivity contribution in [3.05, 3.63) is 40.8 Å². The zero-order chi connectivity index (χ0) is 14.0. The Labute approximate surface area is 114 Å². The first kappa shape index (κ1) is 13.5. The topological polar surface area (TPSA) is 60.0 Å². The van der Waals surface area contributed by atoms with Gasteiger partial charge in [-0.3, -0.25) is 4.68 Å². The van der Waals surface area contributed by atoms with Gasteiger partial charge >= 0.3 is 0 Å². The normalized spacial score (nSPS) is 10.8. The molecule has 0 atom stereocenters. The summed E-state index contributed by atoms with van der Waals surface area (Å²) in [5.74, 6) is 0.962. The Morgan fingerprint density at radius 2 is 2.11 bits per heavy atom. The minimum atomic E-state index is 0.506. The number of aryl methyl sites for hydroxylation is 3. The third kappa shape index (κ3) is 2.93. The summed E-state index contributed by atoms with van der Waals surface area (Å²) >= 11 is 0. The van der Waals surface area contributed by atoms with E-state index in [1.165, 1.54) is 5.56 Å². The summed E-state index contributed by atoms with van der Waals surface area (Å²) in [6, 6.07) is 2.07. The van der Waals surface area contributed by atoms with Crippen LogP contribution < -0.4 is 10.6 Å². The van der Waals surface area contributed by atoms with Gasteiger partial charge in [-0.2, -0.15) is 5.10 Å². The maximum absolute atomic E-state index is 5.85. The summed E-state index contributed by atoms with van der Waals surface area (Å²) in [6.45, 7) is 5.37. The highest BCUT2D eigenvalue weighted by molar-refractivity contribution is 5.51. The minimum absolute atomic E-state index is 0.506. The highest BCUT2D eigenvalue weighted by Crippen LogP contribution is 2.22. The maximum atomic E-state index is 5.85. The van der Waals surface area contributed by atoms with Crippen LogP contribution in [0.15, 0.2) is 18.5 Å². The first-order valence-electron chi connectivity index (χ1n) is 6.37. The molecule has 0 radical (unpaired) electrons. The molecule has 2 heterocycles. The average molecular weight is 259 g/mol. The van der Waals surface area contributed by atoms with Crippen LogP contribution in [0.5, 0.6) is 0 Å². The molecule has 2 N–H and O–H groups in total. The fraction of sp³-hybridized carbons (Fsp3) is 0.429. The molecule has 2 aromatic rings. The number of hydrogen-bond acceptors (Lipinski definition) is 4. The first-order chi connectivity index (χ1) is 9.01. The third-order valence-electron chi connectivity index (χ3n) is 3.20. The van der Waals surface area contributed by atoms with Gasteiger partial charge in [0.15, 0.2) is 0 Å². The highest BCUT2D eigenvalue weighted by Gasteiger charge is 2.12. The zero-order valence-corrected chi connectivity index (χ0v) is 12.0. The largest absolute Gasteiger partial charge is 0.355 e. The van der Waals surface area contributed by atoms with Crippen molar-refractivity contribution in [2.75, 3.05) is 11.9 Å². The van der Waals surface area contributed by atoms with E-state index in [1.54, 1.807) is 0 Å². The van der Waals surface area contributed by atoms with Gasteiger partial charge in [-0.25, -0.2) is 4.98 Å². The van der Waals surface area contributed by atoms with Gasteiger partial charge in [-0.15, -0.1) is 0 Å². The van der Waals surface area contributed by atoms with Gasteiger partial charge < -0.3 is 10.6 Å². The van der Waals surface area contributed by atoms with Gasteiger partial charge in [-0.1, -0.05) is 0 Å². The van der Waals surface area contributed by atoms with Crippen LogP contribution in [0.25, 0.3) is 0 Å². The van der Waals surface area contributed by atoms with E-state index in [0.717, 1.165) is 29.2 Å². The van der Waals surface area contributed by atoms with Gasteiger partial charge in [0.25, 0.3) is 0 Å².